The van der Waals surface area contributed by atoms with Crippen molar-refractivity contribution in [2.75, 3.05) is 0 Å². The maximum absolute atomic E-state index is 12.6. The van der Waals surface area contributed by atoms with Crippen molar-refractivity contribution in [3.05, 3.63) is 29.6 Å². The molecule has 4 heteroatoms. The Morgan fingerprint density at radius 2 is 1.95 bits per heavy atom. The molecular weight excluding hydrogens is 280 g/mol. The van der Waals surface area contributed by atoms with Crippen LogP contribution in [0.3, 0.4) is 0 Å². The molecule has 1 atom stereocenters. The molecule has 0 aromatic carbocycles. The summed E-state index contributed by atoms with van der Waals surface area (Å²) < 4.78 is 17.0. The van der Waals surface area contributed by atoms with Crippen molar-refractivity contribution < 1.29 is 4.55 Å². The fraction of sp³-hybridized carbons (Fsp3) is 0.647. The van der Waals surface area contributed by atoms with Crippen molar-refractivity contribution in [3.63, 3.8) is 0 Å². The molecule has 0 radical (unpaired) electrons. The summed E-state index contributed by atoms with van der Waals surface area (Å²) in [5.74, 6) is 0. The number of nitrogens with zero attached hydrogens (tertiary/aromatic N) is 2. The van der Waals surface area contributed by atoms with E-state index in [4.69, 9.17) is 4.40 Å². The van der Waals surface area contributed by atoms with E-state index in [9.17, 15) is 4.55 Å². The van der Waals surface area contributed by atoms with Crippen LogP contribution in [0.1, 0.15) is 64.0 Å². The second-order valence-electron chi connectivity index (χ2n) is 7.35. The average Bonchev–Trinajstić information content (AvgIpc) is 2.72. The Bertz CT molecular complexity index is 556. The molecule has 2 aliphatic rings. The van der Waals surface area contributed by atoms with E-state index < -0.39 is 11.4 Å². The second kappa shape index (κ2) is 5.40. The molecule has 1 spiro atoms. The van der Waals surface area contributed by atoms with E-state index in [2.05, 4.69) is 11.1 Å². The Morgan fingerprint density at radius 1 is 1.24 bits per heavy atom. The van der Waals surface area contributed by atoms with Crippen molar-refractivity contribution >= 4 is 17.1 Å². The van der Waals surface area contributed by atoms with Crippen LogP contribution in [-0.2, 0) is 17.8 Å². The maximum Gasteiger partial charge on any atom is 0.144 e. The van der Waals surface area contributed by atoms with Gasteiger partial charge in [-0.1, -0.05) is 23.7 Å². The molecule has 0 saturated heterocycles. The number of aromatic nitrogens is 1. The molecule has 3 nitrogen and oxygen atoms in total. The first-order valence-electron chi connectivity index (χ1n) is 7.87. The summed E-state index contributed by atoms with van der Waals surface area (Å²) in [6.45, 7) is 5.97. The van der Waals surface area contributed by atoms with E-state index >= 15 is 0 Å². The van der Waals surface area contributed by atoms with Gasteiger partial charge < -0.3 is 4.55 Å². The summed E-state index contributed by atoms with van der Waals surface area (Å²) >= 11 is -1.19. The molecule has 3 rings (SSSR count). The summed E-state index contributed by atoms with van der Waals surface area (Å²) in [6.07, 6.45) is 11.0. The predicted molar refractivity (Wildman–Crippen MR) is 87.9 cm³/mol. The fourth-order valence-electron chi connectivity index (χ4n) is 3.54. The smallest absolute Gasteiger partial charge is 0.144 e. The minimum Gasteiger partial charge on any atom is -0.591 e. The van der Waals surface area contributed by atoms with E-state index in [0.717, 1.165) is 12.1 Å². The molecule has 1 heterocycles. The van der Waals surface area contributed by atoms with Crippen molar-refractivity contribution in [1.29, 1.82) is 0 Å². The first-order chi connectivity index (χ1) is 9.92. The highest BCUT2D eigenvalue weighted by atomic mass is 32.2. The molecule has 0 bridgehead atoms. The summed E-state index contributed by atoms with van der Waals surface area (Å²) in [5.41, 5.74) is 3.67. The van der Waals surface area contributed by atoms with Crippen molar-refractivity contribution in [2.24, 2.45) is 9.81 Å². The van der Waals surface area contributed by atoms with Gasteiger partial charge in [-0.15, -0.1) is 0 Å². The largest absolute Gasteiger partial charge is 0.591 e. The number of hydrogen-bond acceptors (Lipinski definition) is 3. The third-order valence-electron chi connectivity index (χ3n) is 4.70. The van der Waals surface area contributed by atoms with Gasteiger partial charge in [-0.3, -0.25) is 4.98 Å². The van der Waals surface area contributed by atoms with Crippen LogP contribution < -0.4 is 0 Å². The minimum absolute atomic E-state index is 0.116. The van der Waals surface area contributed by atoms with Crippen LogP contribution >= 0.6 is 0 Å². The van der Waals surface area contributed by atoms with Gasteiger partial charge in [0.25, 0.3) is 0 Å². The Kier molecular flexibility index (Phi) is 3.87. The van der Waals surface area contributed by atoms with Gasteiger partial charge in [-0.2, -0.15) is 0 Å². The lowest BCUT2D eigenvalue weighted by Gasteiger charge is -2.34. The van der Waals surface area contributed by atoms with Crippen molar-refractivity contribution in [2.45, 2.75) is 64.0 Å². The fourth-order valence-corrected chi connectivity index (χ4v) is 4.27. The molecule has 1 saturated carbocycles. The lowest BCUT2D eigenvalue weighted by molar-refractivity contribution is 0.291. The highest BCUT2D eigenvalue weighted by Gasteiger charge is 2.46. The van der Waals surface area contributed by atoms with Crippen LogP contribution in [0.15, 0.2) is 22.9 Å². The molecule has 0 N–H and O–H groups in total. The van der Waals surface area contributed by atoms with Crippen molar-refractivity contribution in [1.82, 2.24) is 4.98 Å². The molecule has 1 fully saturated rings. The SMILES string of the molecule is CC(C)(C)[S+]([O-])N=C1c2ccncc2CC12CCCCC2. The lowest BCUT2D eigenvalue weighted by atomic mass is 9.71. The number of rotatable bonds is 1. The van der Waals surface area contributed by atoms with Crippen molar-refractivity contribution in [3.8, 4) is 0 Å². The first-order valence-corrected chi connectivity index (χ1v) is 8.97. The van der Waals surface area contributed by atoms with Gasteiger partial charge in [-0.05, 0) is 51.7 Å². The summed E-state index contributed by atoms with van der Waals surface area (Å²) in [6, 6.07) is 2.05. The topological polar surface area (TPSA) is 48.3 Å². The van der Waals surface area contributed by atoms with Crippen LogP contribution in [0.25, 0.3) is 0 Å². The Morgan fingerprint density at radius 3 is 2.62 bits per heavy atom. The highest BCUT2D eigenvalue weighted by molar-refractivity contribution is 7.91. The summed E-state index contributed by atoms with van der Waals surface area (Å²) in [5, 5.41) is 0. The third-order valence-corrected chi connectivity index (χ3v) is 6.09. The van der Waals surface area contributed by atoms with Crippen LogP contribution in [0.2, 0.25) is 0 Å². The van der Waals surface area contributed by atoms with E-state index in [1.807, 2.05) is 33.2 Å². The standard InChI is InChI=1S/C17H24N2OS/c1-16(2,3)21(20)19-15-14-7-10-18-12-13(14)11-17(15)8-5-4-6-9-17/h7,10,12H,4-6,8-9,11H2,1-3H3. The quantitative estimate of drug-likeness (QED) is 0.740. The lowest BCUT2D eigenvalue weighted by Crippen LogP contribution is -2.34. The van der Waals surface area contributed by atoms with Gasteiger partial charge in [-0.25, -0.2) is 0 Å². The van der Waals surface area contributed by atoms with Crippen LogP contribution in [-0.4, -0.2) is 20.0 Å². The van der Waals surface area contributed by atoms with Gasteiger partial charge in [0.05, 0.1) is 0 Å². The molecule has 0 amide bonds. The number of pyridine rings is 1. The molecule has 1 aromatic rings. The minimum atomic E-state index is -1.19. The summed E-state index contributed by atoms with van der Waals surface area (Å²) in [4.78, 5) is 4.27. The normalized spacial score (nSPS) is 24.3. The highest BCUT2D eigenvalue weighted by Crippen LogP contribution is 2.48. The van der Waals surface area contributed by atoms with Crippen LogP contribution in [0.4, 0.5) is 0 Å². The van der Waals surface area contributed by atoms with Gasteiger partial charge in [0.2, 0.25) is 0 Å². The molecular formula is C17H24N2OS. The van der Waals surface area contributed by atoms with E-state index in [1.165, 1.54) is 43.2 Å². The van der Waals surface area contributed by atoms with Gasteiger partial charge in [0.15, 0.2) is 0 Å². The molecule has 1 unspecified atom stereocenters. The predicted octanol–water partition coefficient (Wildman–Crippen LogP) is 3.84. The number of fused-ring (bicyclic) bond motifs is 1. The zero-order chi connectivity index (χ0) is 15.1. The zero-order valence-corrected chi connectivity index (χ0v) is 14.0. The van der Waals surface area contributed by atoms with E-state index in [0.29, 0.717) is 0 Å². The van der Waals surface area contributed by atoms with Gasteiger partial charge >= 0.3 is 0 Å². The maximum atomic E-state index is 12.6. The molecule has 2 aliphatic carbocycles. The second-order valence-corrected chi connectivity index (χ2v) is 9.26. The first kappa shape index (κ1) is 15.0. The molecule has 0 aliphatic heterocycles. The summed E-state index contributed by atoms with van der Waals surface area (Å²) in [7, 11) is 0. The van der Waals surface area contributed by atoms with Gasteiger partial charge in [0.1, 0.15) is 21.8 Å². The van der Waals surface area contributed by atoms with Crippen LogP contribution in [0.5, 0.6) is 0 Å². The molecule has 21 heavy (non-hydrogen) atoms. The Hall–Kier alpha value is -0.870. The zero-order valence-electron chi connectivity index (χ0n) is 13.2. The average molecular weight is 304 g/mol. The van der Waals surface area contributed by atoms with E-state index in [1.54, 1.807) is 0 Å². The number of hydrogen-bond donors (Lipinski definition) is 0. The monoisotopic (exact) mass is 304 g/mol. The van der Waals surface area contributed by atoms with E-state index in [-0.39, 0.29) is 10.2 Å². The molecule has 1 aromatic heterocycles. The Labute approximate surface area is 130 Å². The van der Waals surface area contributed by atoms with Gasteiger partial charge in [0, 0.05) is 23.4 Å². The third kappa shape index (κ3) is 2.76. The molecule has 114 valence electrons. The van der Waals surface area contributed by atoms with Crippen LogP contribution in [0, 0.1) is 5.41 Å². The Balaban J connectivity index is 2.05.